The van der Waals surface area contributed by atoms with Gasteiger partial charge in [-0.25, -0.2) is 0 Å². The Labute approximate surface area is 101 Å². The molecule has 2 unspecified atom stereocenters. The summed E-state index contributed by atoms with van der Waals surface area (Å²) >= 11 is 0. The van der Waals surface area contributed by atoms with Gasteiger partial charge in [0.05, 0.1) is 12.0 Å². The fraction of sp³-hybridized carbons (Fsp3) is 0.818. The lowest BCUT2D eigenvalue weighted by Crippen LogP contribution is -2.49. The highest BCUT2D eigenvalue weighted by molar-refractivity contribution is 5.83. The van der Waals surface area contributed by atoms with Gasteiger partial charge in [-0.15, -0.1) is 0 Å². The number of nitrogens with two attached hydrogens (primary N) is 2. The molecule has 2 atom stereocenters. The summed E-state index contributed by atoms with van der Waals surface area (Å²) in [7, 11) is 0. The van der Waals surface area contributed by atoms with Crippen molar-refractivity contribution < 1.29 is 9.59 Å². The molecule has 6 heteroatoms. The van der Waals surface area contributed by atoms with Crippen LogP contribution in [-0.2, 0) is 9.59 Å². The SMILES string of the molecule is NC(=O)C1CC(C(N)=O)N(C2CCNCC2)C1. The molecule has 0 aromatic heterocycles. The van der Waals surface area contributed by atoms with Gasteiger partial charge < -0.3 is 16.8 Å². The van der Waals surface area contributed by atoms with Gasteiger partial charge in [0.1, 0.15) is 0 Å². The molecule has 0 aliphatic carbocycles. The molecule has 2 amide bonds. The zero-order valence-electron chi connectivity index (χ0n) is 9.89. The predicted molar refractivity (Wildman–Crippen MR) is 62.9 cm³/mol. The minimum atomic E-state index is -0.340. The lowest BCUT2D eigenvalue weighted by molar-refractivity contribution is -0.123. The monoisotopic (exact) mass is 240 g/mol. The fourth-order valence-electron chi connectivity index (χ4n) is 2.89. The highest BCUT2D eigenvalue weighted by Gasteiger charge is 2.41. The molecule has 6 nitrogen and oxygen atoms in total. The van der Waals surface area contributed by atoms with Crippen LogP contribution in [0.3, 0.4) is 0 Å². The Bertz CT molecular complexity index is 315. The summed E-state index contributed by atoms with van der Waals surface area (Å²) in [6, 6.07) is 0.0219. The first-order valence-electron chi connectivity index (χ1n) is 6.14. The third-order valence-electron chi connectivity index (χ3n) is 3.85. The lowest BCUT2D eigenvalue weighted by atomic mass is 10.0. The molecule has 17 heavy (non-hydrogen) atoms. The fourth-order valence-corrected chi connectivity index (χ4v) is 2.89. The van der Waals surface area contributed by atoms with Gasteiger partial charge in [-0.1, -0.05) is 0 Å². The standard InChI is InChI=1S/C11H20N4O2/c12-10(16)7-5-9(11(13)17)15(6-7)8-1-3-14-4-2-8/h7-9,14H,1-6H2,(H2,12,16)(H2,13,17). The van der Waals surface area contributed by atoms with Gasteiger partial charge in [0.15, 0.2) is 0 Å². The molecule has 0 aromatic rings. The number of hydrogen-bond acceptors (Lipinski definition) is 4. The van der Waals surface area contributed by atoms with E-state index in [-0.39, 0.29) is 23.8 Å². The van der Waals surface area contributed by atoms with Crippen LogP contribution in [0.4, 0.5) is 0 Å². The smallest absolute Gasteiger partial charge is 0.234 e. The molecule has 0 bridgehead atoms. The molecule has 2 heterocycles. The quantitative estimate of drug-likeness (QED) is 0.553. The van der Waals surface area contributed by atoms with Crippen LogP contribution >= 0.6 is 0 Å². The first kappa shape index (κ1) is 12.3. The molecular weight excluding hydrogens is 220 g/mol. The highest BCUT2D eigenvalue weighted by atomic mass is 16.2. The van der Waals surface area contributed by atoms with E-state index in [9.17, 15) is 9.59 Å². The Kier molecular flexibility index (Phi) is 3.63. The second-order valence-corrected chi connectivity index (χ2v) is 4.93. The number of hydrogen-bond donors (Lipinski definition) is 3. The van der Waals surface area contributed by atoms with Gasteiger partial charge in [-0.05, 0) is 32.4 Å². The maximum Gasteiger partial charge on any atom is 0.234 e. The van der Waals surface area contributed by atoms with E-state index in [4.69, 9.17) is 11.5 Å². The first-order valence-corrected chi connectivity index (χ1v) is 6.14. The number of amides is 2. The summed E-state index contributed by atoms with van der Waals surface area (Å²) in [4.78, 5) is 24.7. The molecule has 0 spiro atoms. The first-order chi connectivity index (χ1) is 8.09. The zero-order valence-corrected chi connectivity index (χ0v) is 9.89. The van der Waals surface area contributed by atoms with E-state index in [1.54, 1.807) is 0 Å². The van der Waals surface area contributed by atoms with Crippen LogP contribution < -0.4 is 16.8 Å². The van der Waals surface area contributed by atoms with Crippen LogP contribution in [0, 0.1) is 5.92 Å². The van der Waals surface area contributed by atoms with Gasteiger partial charge in [-0.2, -0.15) is 0 Å². The van der Waals surface area contributed by atoms with Gasteiger partial charge >= 0.3 is 0 Å². The van der Waals surface area contributed by atoms with Gasteiger partial charge in [0.25, 0.3) is 0 Å². The van der Waals surface area contributed by atoms with E-state index in [0.717, 1.165) is 25.9 Å². The van der Waals surface area contributed by atoms with E-state index >= 15 is 0 Å². The molecule has 0 radical (unpaired) electrons. The minimum Gasteiger partial charge on any atom is -0.369 e. The highest BCUT2D eigenvalue weighted by Crippen LogP contribution is 2.28. The van der Waals surface area contributed by atoms with Crippen molar-refractivity contribution in [2.45, 2.75) is 31.3 Å². The van der Waals surface area contributed by atoms with Gasteiger partial charge in [0.2, 0.25) is 11.8 Å². The second kappa shape index (κ2) is 5.01. The molecule has 96 valence electrons. The van der Waals surface area contributed by atoms with Crippen LogP contribution in [0.2, 0.25) is 0 Å². The number of rotatable bonds is 3. The van der Waals surface area contributed by atoms with E-state index in [2.05, 4.69) is 10.2 Å². The van der Waals surface area contributed by atoms with Crippen LogP contribution in [0.15, 0.2) is 0 Å². The molecule has 2 aliphatic heterocycles. The molecule has 2 aliphatic rings. The van der Waals surface area contributed by atoms with Crippen molar-refractivity contribution >= 4 is 11.8 Å². The molecule has 5 N–H and O–H groups in total. The van der Waals surface area contributed by atoms with E-state index in [0.29, 0.717) is 19.0 Å². The number of nitrogens with one attached hydrogen (secondary N) is 1. The summed E-state index contributed by atoms with van der Waals surface area (Å²) in [5.74, 6) is -0.901. The number of piperidine rings is 1. The van der Waals surface area contributed by atoms with Crippen LogP contribution in [0.1, 0.15) is 19.3 Å². The van der Waals surface area contributed by atoms with Crippen LogP contribution in [0.5, 0.6) is 0 Å². The predicted octanol–water partition coefficient (Wildman–Crippen LogP) is -1.60. The largest absolute Gasteiger partial charge is 0.369 e. The van der Waals surface area contributed by atoms with Crippen molar-refractivity contribution in [2.24, 2.45) is 17.4 Å². The summed E-state index contributed by atoms with van der Waals surface area (Å²) in [5, 5.41) is 3.28. The van der Waals surface area contributed by atoms with Crippen LogP contribution in [0.25, 0.3) is 0 Å². The Morgan fingerprint density at radius 3 is 2.29 bits per heavy atom. The van der Waals surface area contributed by atoms with Crippen molar-refractivity contribution in [2.75, 3.05) is 19.6 Å². The number of carbonyl (C=O) groups is 2. The van der Waals surface area contributed by atoms with E-state index < -0.39 is 0 Å². The van der Waals surface area contributed by atoms with Crippen molar-refractivity contribution in [1.29, 1.82) is 0 Å². The number of carbonyl (C=O) groups excluding carboxylic acids is 2. The summed E-state index contributed by atoms with van der Waals surface area (Å²) < 4.78 is 0. The van der Waals surface area contributed by atoms with Crippen molar-refractivity contribution in [3.63, 3.8) is 0 Å². The molecule has 2 rings (SSSR count). The molecule has 2 saturated heterocycles. The lowest BCUT2D eigenvalue weighted by Gasteiger charge is -2.34. The summed E-state index contributed by atoms with van der Waals surface area (Å²) in [5.41, 5.74) is 10.7. The normalized spacial score (nSPS) is 31.5. The average molecular weight is 240 g/mol. The van der Waals surface area contributed by atoms with Crippen molar-refractivity contribution in [3.05, 3.63) is 0 Å². The van der Waals surface area contributed by atoms with Gasteiger partial charge in [-0.3, -0.25) is 14.5 Å². The zero-order chi connectivity index (χ0) is 12.4. The summed E-state index contributed by atoms with van der Waals surface area (Å²) in [6.07, 6.45) is 2.47. The molecular formula is C11H20N4O2. The average Bonchev–Trinajstić information content (AvgIpc) is 2.75. The Morgan fingerprint density at radius 2 is 1.76 bits per heavy atom. The third-order valence-corrected chi connectivity index (χ3v) is 3.85. The number of nitrogens with zero attached hydrogens (tertiary/aromatic N) is 1. The third kappa shape index (κ3) is 2.58. The topological polar surface area (TPSA) is 101 Å². The molecule has 0 saturated carbocycles. The van der Waals surface area contributed by atoms with E-state index in [1.165, 1.54) is 0 Å². The van der Waals surface area contributed by atoms with Crippen molar-refractivity contribution in [1.82, 2.24) is 10.2 Å². The summed E-state index contributed by atoms with van der Waals surface area (Å²) in [6.45, 7) is 2.48. The number of primary amides is 2. The Balaban J connectivity index is 2.07. The van der Waals surface area contributed by atoms with Gasteiger partial charge in [0, 0.05) is 12.6 Å². The van der Waals surface area contributed by atoms with Crippen molar-refractivity contribution in [3.8, 4) is 0 Å². The second-order valence-electron chi connectivity index (χ2n) is 4.93. The Hall–Kier alpha value is -1.14. The van der Waals surface area contributed by atoms with E-state index in [1.807, 2.05) is 0 Å². The molecule has 2 fully saturated rings. The number of likely N-dealkylation sites (tertiary alicyclic amines) is 1. The maximum absolute atomic E-state index is 11.4. The minimum absolute atomic E-state index is 0.234. The maximum atomic E-state index is 11.4. The molecule has 0 aromatic carbocycles. The Morgan fingerprint density at radius 1 is 1.12 bits per heavy atom. The van der Waals surface area contributed by atoms with Crippen LogP contribution in [-0.4, -0.2) is 48.4 Å².